The second-order valence-electron chi connectivity index (χ2n) is 6.29. The van der Waals surface area contributed by atoms with E-state index in [2.05, 4.69) is 39.0 Å². The van der Waals surface area contributed by atoms with Gasteiger partial charge in [-0.05, 0) is 41.4 Å². The van der Waals surface area contributed by atoms with E-state index in [1.807, 2.05) is 0 Å². The molecule has 3 heteroatoms. The molecule has 19 heavy (non-hydrogen) atoms. The molecule has 0 fully saturated rings. The molecule has 0 radical (unpaired) electrons. The van der Waals surface area contributed by atoms with E-state index < -0.39 is 5.97 Å². The minimum absolute atomic E-state index is 0.0732. The van der Waals surface area contributed by atoms with Crippen molar-refractivity contribution in [1.82, 2.24) is 0 Å². The Bertz CT molecular complexity index is 471. The van der Waals surface area contributed by atoms with Gasteiger partial charge in [-0.15, -0.1) is 0 Å². The molecule has 0 amide bonds. The van der Waals surface area contributed by atoms with Gasteiger partial charge in [-0.1, -0.05) is 32.9 Å². The quantitative estimate of drug-likeness (QED) is 0.883. The van der Waals surface area contributed by atoms with E-state index in [4.69, 9.17) is 9.84 Å². The normalized spacial score (nSPS) is 19.2. The monoisotopic (exact) mass is 262 g/mol. The predicted octanol–water partition coefficient (Wildman–Crippen LogP) is 3.72. The van der Waals surface area contributed by atoms with Crippen LogP contribution >= 0.6 is 0 Å². The van der Waals surface area contributed by atoms with E-state index in [9.17, 15) is 4.79 Å². The summed E-state index contributed by atoms with van der Waals surface area (Å²) >= 11 is 0. The zero-order valence-electron chi connectivity index (χ0n) is 11.9. The van der Waals surface area contributed by atoms with Gasteiger partial charge in [-0.3, -0.25) is 4.79 Å². The summed E-state index contributed by atoms with van der Waals surface area (Å²) in [6.07, 6.45) is 1.98. The number of fused-ring (bicyclic) bond motifs is 1. The van der Waals surface area contributed by atoms with Crippen molar-refractivity contribution < 1.29 is 14.6 Å². The maximum atomic E-state index is 11.0. The number of carboxylic acid groups (broad SMARTS) is 1. The molecular formula is C16H22O3. The topological polar surface area (TPSA) is 46.5 Å². The Hall–Kier alpha value is -1.51. The number of benzene rings is 1. The van der Waals surface area contributed by atoms with Crippen molar-refractivity contribution >= 4 is 5.97 Å². The number of rotatable bonds is 2. The molecule has 0 bridgehead atoms. The Morgan fingerprint density at radius 2 is 2.16 bits per heavy atom. The fourth-order valence-electron chi connectivity index (χ4n) is 2.55. The highest BCUT2D eigenvalue weighted by Crippen LogP contribution is 2.38. The van der Waals surface area contributed by atoms with Crippen LogP contribution in [-0.2, 0) is 10.2 Å². The fraction of sp³-hybridized carbons (Fsp3) is 0.562. The molecule has 1 N–H and O–H groups in total. The lowest BCUT2D eigenvalue weighted by Crippen LogP contribution is -2.12. The Labute approximate surface area is 114 Å². The van der Waals surface area contributed by atoms with Crippen molar-refractivity contribution in [1.29, 1.82) is 0 Å². The molecule has 1 aromatic rings. The molecule has 0 saturated heterocycles. The smallest absolute Gasteiger partial charge is 0.303 e. The van der Waals surface area contributed by atoms with Gasteiger partial charge in [-0.25, -0.2) is 0 Å². The lowest BCUT2D eigenvalue weighted by Gasteiger charge is -2.22. The van der Waals surface area contributed by atoms with Crippen LogP contribution in [0.2, 0.25) is 0 Å². The first-order valence-corrected chi connectivity index (χ1v) is 6.87. The second-order valence-corrected chi connectivity index (χ2v) is 6.29. The molecule has 2 rings (SSSR count). The third kappa shape index (κ3) is 3.28. The molecule has 0 spiro atoms. The van der Waals surface area contributed by atoms with Crippen LogP contribution in [0, 0.1) is 0 Å². The predicted molar refractivity (Wildman–Crippen MR) is 74.9 cm³/mol. The van der Waals surface area contributed by atoms with Crippen molar-refractivity contribution in [2.45, 2.75) is 51.4 Å². The van der Waals surface area contributed by atoms with Crippen molar-refractivity contribution in [2.75, 3.05) is 6.61 Å². The van der Waals surface area contributed by atoms with Crippen LogP contribution in [0.15, 0.2) is 18.2 Å². The highest BCUT2D eigenvalue weighted by Gasteiger charge is 2.24. The van der Waals surface area contributed by atoms with E-state index in [1.54, 1.807) is 0 Å². The summed E-state index contributed by atoms with van der Waals surface area (Å²) in [5.41, 5.74) is 2.35. The number of ether oxygens (including phenoxy) is 1. The summed E-state index contributed by atoms with van der Waals surface area (Å²) in [4.78, 5) is 11.0. The third-order valence-corrected chi connectivity index (χ3v) is 3.69. The third-order valence-electron chi connectivity index (χ3n) is 3.69. The molecular weight excluding hydrogens is 240 g/mol. The SMILES string of the molecule is CC(C)(C)c1ccc2c(c1)OCCCC2CC(=O)O. The lowest BCUT2D eigenvalue weighted by atomic mass is 9.84. The summed E-state index contributed by atoms with van der Waals surface area (Å²) < 4.78 is 5.80. The second kappa shape index (κ2) is 5.24. The fourth-order valence-corrected chi connectivity index (χ4v) is 2.55. The highest BCUT2D eigenvalue weighted by molar-refractivity contribution is 5.68. The molecule has 1 aliphatic rings. The standard InChI is InChI=1S/C16H22O3/c1-16(2,3)12-6-7-13-11(9-15(17)18)5-4-8-19-14(13)10-12/h6-7,10-11H,4-5,8-9H2,1-3H3,(H,17,18). The zero-order chi connectivity index (χ0) is 14.0. The first kappa shape index (κ1) is 13.9. The van der Waals surface area contributed by atoms with E-state index >= 15 is 0 Å². The average molecular weight is 262 g/mol. The summed E-state index contributed by atoms with van der Waals surface area (Å²) in [7, 11) is 0. The molecule has 1 heterocycles. The molecule has 104 valence electrons. The van der Waals surface area contributed by atoms with Crippen LogP contribution in [-0.4, -0.2) is 17.7 Å². The van der Waals surface area contributed by atoms with Gasteiger partial charge < -0.3 is 9.84 Å². The van der Waals surface area contributed by atoms with E-state index in [-0.39, 0.29) is 17.8 Å². The van der Waals surface area contributed by atoms with Gasteiger partial charge in [0.05, 0.1) is 13.0 Å². The summed E-state index contributed by atoms with van der Waals surface area (Å²) in [5, 5.41) is 9.03. The lowest BCUT2D eigenvalue weighted by molar-refractivity contribution is -0.137. The van der Waals surface area contributed by atoms with Crippen molar-refractivity contribution in [3.63, 3.8) is 0 Å². The van der Waals surface area contributed by atoms with E-state index in [0.717, 1.165) is 24.2 Å². The Balaban J connectivity index is 2.37. The van der Waals surface area contributed by atoms with Crippen LogP contribution in [0.3, 0.4) is 0 Å². The number of aliphatic carboxylic acids is 1. The minimum atomic E-state index is -0.738. The molecule has 1 atom stereocenters. The maximum absolute atomic E-state index is 11.0. The van der Waals surface area contributed by atoms with Crippen LogP contribution in [0.5, 0.6) is 5.75 Å². The van der Waals surface area contributed by atoms with Crippen LogP contribution in [0.1, 0.15) is 57.1 Å². The minimum Gasteiger partial charge on any atom is -0.493 e. The molecule has 0 aromatic heterocycles. The molecule has 1 unspecified atom stereocenters. The molecule has 0 saturated carbocycles. The number of carboxylic acids is 1. The molecule has 0 aliphatic carbocycles. The molecule has 1 aromatic carbocycles. The van der Waals surface area contributed by atoms with E-state index in [1.165, 1.54) is 5.56 Å². The van der Waals surface area contributed by atoms with Gasteiger partial charge in [0.1, 0.15) is 5.75 Å². The van der Waals surface area contributed by atoms with Gasteiger partial charge in [0, 0.05) is 0 Å². The van der Waals surface area contributed by atoms with Crippen molar-refractivity contribution in [3.8, 4) is 5.75 Å². The van der Waals surface area contributed by atoms with Crippen molar-refractivity contribution in [2.24, 2.45) is 0 Å². The van der Waals surface area contributed by atoms with Gasteiger partial charge in [0.15, 0.2) is 0 Å². The summed E-state index contributed by atoms with van der Waals surface area (Å²) in [5.74, 6) is 0.206. The van der Waals surface area contributed by atoms with Crippen molar-refractivity contribution in [3.05, 3.63) is 29.3 Å². The van der Waals surface area contributed by atoms with Crippen LogP contribution in [0.4, 0.5) is 0 Å². The zero-order valence-corrected chi connectivity index (χ0v) is 11.9. The van der Waals surface area contributed by atoms with Crippen LogP contribution < -0.4 is 4.74 Å². The highest BCUT2D eigenvalue weighted by atomic mass is 16.5. The maximum Gasteiger partial charge on any atom is 0.303 e. The summed E-state index contributed by atoms with van der Waals surface area (Å²) in [6.45, 7) is 7.18. The number of carbonyl (C=O) groups is 1. The largest absolute Gasteiger partial charge is 0.493 e. The Morgan fingerprint density at radius 1 is 1.42 bits per heavy atom. The van der Waals surface area contributed by atoms with Gasteiger partial charge in [0.25, 0.3) is 0 Å². The van der Waals surface area contributed by atoms with Gasteiger partial charge in [-0.2, -0.15) is 0 Å². The first-order valence-electron chi connectivity index (χ1n) is 6.87. The Morgan fingerprint density at radius 3 is 2.79 bits per heavy atom. The Kier molecular flexibility index (Phi) is 3.83. The van der Waals surface area contributed by atoms with E-state index in [0.29, 0.717) is 6.61 Å². The molecule has 3 nitrogen and oxygen atoms in total. The number of hydrogen-bond acceptors (Lipinski definition) is 2. The van der Waals surface area contributed by atoms with Gasteiger partial charge in [0.2, 0.25) is 0 Å². The average Bonchev–Trinajstić information content (AvgIpc) is 2.49. The van der Waals surface area contributed by atoms with Gasteiger partial charge >= 0.3 is 5.97 Å². The molecule has 1 aliphatic heterocycles. The first-order chi connectivity index (χ1) is 8.88. The summed E-state index contributed by atoms with van der Waals surface area (Å²) in [6, 6.07) is 6.23. The van der Waals surface area contributed by atoms with Crippen LogP contribution in [0.25, 0.3) is 0 Å². The number of hydrogen-bond donors (Lipinski definition) is 1.